The monoisotopic (exact) mass is 260 g/mol. The minimum atomic E-state index is -0.0103. The fourth-order valence-corrected chi connectivity index (χ4v) is 2.61. The highest BCUT2D eigenvalue weighted by Crippen LogP contribution is 2.41. The fourth-order valence-electron chi connectivity index (χ4n) is 2.61. The van der Waals surface area contributed by atoms with E-state index in [-0.39, 0.29) is 10.8 Å². The SMILES string of the molecule is CC(C)(C)c1cc(CC2CC2)cc(C(C)(C)C)c1O. The molecule has 106 valence electrons. The number of rotatable bonds is 2. The van der Waals surface area contributed by atoms with Crippen molar-refractivity contribution >= 4 is 0 Å². The van der Waals surface area contributed by atoms with Crippen molar-refractivity contribution in [3.63, 3.8) is 0 Å². The van der Waals surface area contributed by atoms with Crippen molar-refractivity contribution < 1.29 is 5.11 Å². The minimum absolute atomic E-state index is 0.0103. The third kappa shape index (κ3) is 3.32. The Hall–Kier alpha value is -0.980. The highest BCUT2D eigenvalue weighted by atomic mass is 16.3. The summed E-state index contributed by atoms with van der Waals surface area (Å²) in [5, 5.41) is 10.6. The number of hydrogen-bond donors (Lipinski definition) is 1. The Labute approximate surface area is 118 Å². The standard InChI is InChI=1S/C18H28O/c1-17(2,3)14-10-13(9-12-7-8-12)11-15(16(14)19)18(4,5)6/h10-12,19H,7-9H2,1-6H3. The van der Waals surface area contributed by atoms with Gasteiger partial charge in [0.25, 0.3) is 0 Å². The molecular weight excluding hydrogens is 232 g/mol. The highest BCUT2D eigenvalue weighted by Gasteiger charge is 2.28. The van der Waals surface area contributed by atoms with Crippen LogP contribution in [-0.2, 0) is 17.3 Å². The summed E-state index contributed by atoms with van der Waals surface area (Å²) in [5.74, 6) is 1.38. The third-order valence-electron chi connectivity index (χ3n) is 4.01. The van der Waals surface area contributed by atoms with Crippen LogP contribution in [0, 0.1) is 5.92 Å². The molecule has 1 heteroatoms. The molecule has 0 aromatic heterocycles. The number of benzene rings is 1. The Morgan fingerprint density at radius 2 is 1.37 bits per heavy atom. The molecule has 0 heterocycles. The van der Waals surface area contributed by atoms with Crippen LogP contribution in [0.3, 0.4) is 0 Å². The first-order valence-electron chi connectivity index (χ1n) is 7.46. The molecule has 2 rings (SSSR count). The van der Waals surface area contributed by atoms with Gasteiger partial charge in [-0.1, -0.05) is 53.7 Å². The van der Waals surface area contributed by atoms with Crippen molar-refractivity contribution in [1.82, 2.24) is 0 Å². The van der Waals surface area contributed by atoms with Gasteiger partial charge in [0.15, 0.2) is 0 Å². The highest BCUT2D eigenvalue weighted by molar-refractivity contribution is 5.50. The molecule has 1 aliphatic rings. The maximum atomic E-state index is 10.6. The number of aromatic hydroxyl groups is 1. The van der Waals surface area contributed by atoms with Gasteiger partial charge in [-0.05, 0) is 52.7 Å². The maximum Gasteiger partial charge on any atom is 0.123 e. The van der Waals surface area contributed by atoms with Gasteiger partial charge in [-0.2, -0.15) is 0 Å². The van der Waals surface area contributed by atoms with E-state index in [2.05, 4.69) is 53.7 Å². The third-order valence-corrected chi connectivity index (χ3v) is 4.01. The minimum Gasteiger partial charge on any atom is -0.507 e. The molecule has 0 amide bonds. The molecule has 1 aromatic rings. The predicted octanol–water partition coefficient (Wildman–Crippen LogP) is 4.94. The normalized spacial score (nSPS) is 16.7. The van der Waals surface area contributed by atoms with E-state index in [9.17, 15) is 5.11 Å². The summed E-state index contributed by atoms with van der Waals surface area (Å²) in [5.41, 5.74) is 3.56. The summed E-state index contributed by atoms with van der Waals surface area (Å²) in [6.07, 6.45) is 3.92. The van der Waals surface area contributed by atoms with Gasteiger partial charge < -0.3 is 5.11 Å². The van der Waals surface area contributed by atoms with E-state index in [0.717, 1.165) is 17.0 Å². The Balaban J connectivity index is 2.52. The van der Waals surface area contributed by atoms with E-state index in [1.54, 1.807) is 0 Å². The zero-order chi connectivity index (χ0) is 14.4. The lowest BCUT2D eigenvalue weighted by Crippen LogP contribution is -2.18. The lowest BCUT2D eigenvalue weighted by molar-refractivity contribution is 0.422. The fraction of sp³-hybridized carbons (Fsp3) is 0.667. The first-order chi connectivity index (χ1) is 8.59. The molecule has 0 bridgehead atoms. The molecule has 1 aromatic carbocycles. The lowest BCUT2D eigenvalue weighted by atomic mass is 9.78. The second-order valence-corrected chi connectivity index (χ2v) is 8.19. The van der Waals surface area contributed by atoms with Gasteiger partial charge in [0.2, 0.25) is 0 Å². The second-order valence-electron chi connectivity index (χ2n) is 8.19. The van der Waals surface area contributed by atoms with Crippen LogP contribution in [0.2, 0.25) is 0 Å². The number of phenols is 1. The molecule has 0 spiro atoms. The Morgan fingerprint density at radius 1 is 0.947 bits per heavy atom. The van der Waals surface area contributed by atoms with Gasteiger partial charge in [-0.3, -0.25) is 0 Å². The van der Waals surface area contributed by atoms with E-state index in [1.807, 2.05) is 0 Å². The van der Waals surface area contributed by atoms with Crippen LogP contribution in [0.5, 0.6) is 5.75 Å². The first kappa shape index (κ1) is 14.4. The van der Waals surface area contributed by atoms with Crippen molar-refractivity contribution in [1.29, 1.82) is 0 Å². The van der Waals surface area contributed by atoms with Gasteiger partial charge in [0, 0.05) is 0 Å². The average Bonchev–Trinajstić information content (AvgIpc) is 3.00. The van der Waals surface area contributed by atoms with Gasteiger partial charge in [-0.25, -0.2) is 0 Å². The summed E-state index contributed by atoms with van der Waals surface area (Å²) < 4.78 is 0. The van der Waals surface area contributed by atoms with Crippen LogP contribution in [0.15, 0.2) is 12.1 Å². The molecule has 0 atom stereocenters. The zero-order valence-corrected chi connectivity index (χ0v) is 13.3. The molecule has 1 nitrogen and oxygen atoms in total. The lowest BCUT2D eigenvalue weighted by Gasteiger charge is -2.28. The Morgan fingerprint density at radius 3 is 1.68 bits per heavy atom. The molecule has 1 aliphatic carbocycles. The molecule has 1 saturated carbocycles. The molecule has 1 N–H and O–H groups in total. The molecular formula is C18H28O. The van der Waals surface area contributed by atoms with Crippen LogP contribution in [0.1, 0.15) is 71.1 Å². The van der Waals surface area contributed by atoms with Crippen molar-refractivity contribution in [2.45, 2.75) is 71.6 Å². The van der Waals surface area contributed by atoms with Crippen molar-refractivity contribution in [2.75, 3.05) is 0 Å². The number of phenolic OH excluding ortho intramolecular Hbond substituents is 1. The Kier molecular flexibility index (Phi) is 3.45. The van der Waals surface area contributed by atoms with Gasteiger partial charge in [0.05, 0.1) is 0 Å². The van der Waals surface area contributed by atoms with Crippen LogP contribution < -0.4 is 0 Å². The summed E-state index contributed by atoms with van der Waals surface area (Å²) in [6, 6.07) is 4.45. The largest absolute Gasteiger partial charge is 0.507 e. The van der Waals surface area contributed by atoms with Crippen molar-refractivity contribution in [3.8, 4) is 5.75 Å². The maximum absolute atomic E-state index is 10.6. The quantitative estimate of drug-likeness (QED) is 0.798. The van der Waals surface area contributed by atoms with Crippen LogP contribution in [0.4, 0.5) is 0 Å². The second kappa shape index (κ2) is 4.54. The molecule has 1 fully saturated rings. The summed E-state index contributed by atoms with van der Waals surface area (Å²) in [4.78, 5) is 0. The van der Waals surface area contributed by atoms with E-state index in [0.29, 0.717) is 5.75 Å². The predicted molar refractivity (Wildman–Crippen MR) is 81.9 cm³/mol. The Bertz CT molecular complexity index is 432. The smallest absolute Gasteiger partial charge is 0.123 e. The molecule has 19 heavy (non-hydrogen) atoms. The van der Waals surface area contributed by atoms with Crippen molar-refractivity contribution in [3.05, 3.63) is 28.8 Å². The first-order valence-corrected chi connectivity index (χ1v) is 7.46. The van der Waals surface area contributed by atoms with Crippen LogP contribution >= 0.6 is 0 Å². The topological polar surface area (TPSA) is 20.2 Å². The average molecular weight is 260 g/mol. The van der Waals surface area contributed by atoms with E-state index < -0.39 is 0 Å². The van der Waals surface area contributed by atoms with E-state index >= 15 is 0 Å². The van der Waals surface area contributed by atoms with Crippen LogP contribution in [0.25, 0.3) is 0 Å². The molecule has 0 unspecified atom stereocenters. The molecule has 0 saturated heterocycles. The van der Waals surface area contributed by atoms with E-state index in [4.69, 9.17) is 0 Å². The number of hydrogen-bond acceptors (Lipinski definition) is 1. The van der Waals surface area contributed by atoms with E-state index in [1.165, 1.54) is 24.8 Å². The van der Waals surface area contributed by atoms with Gasteiger partial charge in [-0.15, -0.1) is 0 Å². The van der Waals surface area contributed by atoms with Gasteiger partial charge >= 0.3 is 0 Å². The molecule has 0 aliphatic heterocycles. The zero-order valence-electron chi connectivity index (χ0n) is 13.3. The summed E-state index contributed by atoms with van der Waals surface area (Å²) in [7, 11) is 0. The summed E-state index contributed by atoms with van der Waals surface area (Å²) in [6.45, 7) is 13.1. The molecule has 0 radical (unpaired) electrons. The van der Waals surface area contributed by atoms with Gasteiger partial charge in [0.1, 0.15) is 5.75 Å². The van der Waals surface area contributed by atoms with Crippen molar-refractivity contribution in [2.24, 2.45) is 5.92 Å². The summed E-state index contributed by atoms with van der Waals surface area (Å²) >= 11 is 0. The van der Waals surface area contributed by atoms with Crippen LogP contribution in [-0.4, -0.2) is 5.11 Å².